The summed E-state index contributed by atoms with van der Waals surface area (Å²) in [5, 5.41) is 1.99. The quantitative estimate of drug-likeness (QED) is 0.801. The van der Waals surface area contributed by atoms with Gasteiger partial charge in [-0.3, -0.25) is 4.79 Å². The van der Waals surface area contributed by atoms with Crippen molar-refractivity contribution < 1.29 is 4.79 Å². The van der Waals surface area contributed by atoms with Gasteiger partial charge in [-0.05, 0) is 31.2 Å². The van der Waals surface area contributed by atoms with Gasteiger partial charge in [0.1, 0.15) is 0 Å². The zero-order valence-corrected chi connectivity index (χ0v) is 9.90. The van der Waals surface area contributed by atoms with Crippen LogP contribution in [0.2, 0.25) is 0 Å². The van der Waals surface area contributed by atoms with E-state index in [0.29, 0.717) is 6.54 Å². The van der Waals surface area contributed by atoms with Crippen molar-refractivity contribution in [3.8, 4) is 0 Å². The van der Waals surface area contributed by atoms with E-state index >= 15 is 0 Å². The summed E-state index contributed by atoms with van der Waals surface area (Å²) in [5.41, 5.74) is 6.46. The minimum atomic E-state index is -0.244. The van der Waals surface area contributed by atoms with E-state index in [0.717, 1.165) is 36.1 Å². The van der Waals surface area contributed by atoms with Crippen LogP contribution >= 0.6 is 11.3 Å². The van der Waals surface area contributed by atoms with Crippen LogP contribution in [0, 0.1) is 12.3 Å². The third-order valence-corrected chi connectivity index (χ3v) is 4.38. The fourth-order valence-corrected chi connectivity index (χ4v) is 3.18. The van der Waals surface area contributed by atoms with E-state index in [1.54, 1.807) is 11.3 Å². The summed E-state index contributed by atoms with van der Waals surface area (Å²) in [5.74, 6) is 0.279. The summed E-state index contributed by atoms with van der Waals surface area (Å²) in [7, 11) is 0. The van der Waals surface area contributed by atoms with Gasteiger partial charge in [0.25, 0.3) is 0 Å². The summed E-state index contributed by atoms with van der Waals surface area (Å²) in [6.07, 6.45) is 4.23. The van der Waals surface area contributed by atoms with Gasteiger partial charge < -0.3 is 5.73 Å². The van der Waals surface area contributed by atoms with Crippen LogP contribution in [0.15, 0.2) is 11.4 Å². The molecule has 2 N–H and O–H groups in total. The van der Waals surface area contributed by atoms with Crippen LogP contribution < -0.4 is 5.73 Å². The zero-order valence-electron chi connectivity index (χ0n) is 9.08. The first kappa shape index (κ1) is 10.8. The number of carbonyl (C=O) groups is 1. The Labute approximate surface area is 94.5 Å². The lowest BCUT2D eigenvalue weighted by Gasteiger charge is -2.25. The lowest BCUT2D eigenvalue weighted by Crippen LogP contribution is -2.36. The molecule has 0 bridgehead atoms. The lowest BCUT2D eigenvalue weighted by molar-refractivity contribution is 0.0810. The molecule has 3 heteroatoms. The monoisotopic (exact) mass is 223 g/mol. The van der Waals surface area contributed by atoms with Gasteiger partial charge in [-0.2, -0.15) is 0 Å². The second-order valence-electron chi connectivity index (χ2n) is 4.41. The predicted molar refractivity (Wildman–Crippen MR) is 63.3 cm³/mol. The van der Waals surface area contributed by atoms with Gasteiger partial charge in [0.05, 0.1) is 0 Å². The van der Waals surface area contributed by atoms with Crippen LogP contribution in [0.25, 0.3) is 0 Å². The van der Waals surface area contributed by atoms with Crippen molar-refractivity contribution in [2.45, 2.75) is 32.6 Å². The molecular weight excluding hydrogens is 206 g/mol. The van der Waals surface area contributed by atoms with Crippen LogP contribution in [0.5, 0.6) is 0 Å². The molecule has 2 rings (SSSR count). The largest absolute Gasteiger partial charge is 0.329 e. The number of thiophene rings is 1. The number of ketones is 1. The predicted octanol–water partition coefficient (Wildman–Crippen LogP) is 2.76. The Morgan fingerprint density at radius 2 is 2.20 bits per heavy atom. The SMILES string of the molecule is Cc1sccc1C(=O)C1(CN)CCCC1. The van der Waals surface area contributed by atoms with Gasteiger partial charge in [0, 0.05) is 22.4 Å². The minimum Gasteiger partial charge on any atom is -0.329 e. The lowest BCUT2D eigenvalue weighted by atomic mass is 9.79. The first-order valence-corrected chi connectivity index (χ1v) is 6.36. The second-order valence-corrected chi connectivity index (χ2v) is 5.53. The topological polar surface area (TPSA) is 43.1 Å². The summed E-state index contributed by atoms with van der Waals surface area (Å²) in [6, 6.07) is 1.94. The first-order chi connectivity index (χ1) is 7.19. The number of nitrogens with two attached hydrogens (primary N) is 1. The molecule has 1 heterocycles. The molecule has 0 saturated heterocycles. The fraction of sp³-hybridized carbons (Fsp3) is 0.583. The van der Waals surface area contributed by atoms with Crippen molar-refractivity contribution in [1.29, 1.82) is 0 Å². The minimum absolute atomic E-state index is 0.244. The molecule has 1 aliphatic rings. The molecule has 1 aliphatic carbocycles. The molecule has 0 spiro atoms. The molecule has 0 radical (unpaired) electrons. The van der Waals surface area contributed by atoms with Gasteiger partial charge in [-0.25, -0.2) is 0 Å². The van der Waals surface area contributed by atoms with Crippen molar-refractivity contribution in [1.82, 2.24) is 0 Å². The third-order valence-electron chi connectivity index (χ3n) is 3.54. The summed E-state index contributed by atoms with van der Waals surface area (Å²) in [6.45, 7) is 2.51. The molecule has 82 valence electrons. The standard InChI is InChI=1S/C12H17NOS/c1-9-10(4-7-15-9)11(14)12(8-13)5-2-3-6-12/h4,7H,2-3,5-6,8,13H2,1H3. The maximum absolute atomic E-state index is 12.4. The third kappa shape index (κ3) is 1.74. The Kier molecular flexibility index (Phi) is 2.94. The highest BCUT2D eigenvalue weighted by Crippen LogP contribution is 2.40. The highest BCUT2D eigenvalue weighted by Gasteiger charge is 2.40. The average molecular weight is 223 g/mol. The Hall–Kier alpha value is -0.670. The summed E-state index contributed by atoms with van der Waals surface area (Å²) < 4.78 is 0. The van der Waals surface area contributed by atoms with Crippen molar-refractivity contribution in [2.24, 2.45) is 11.1 Å². The van der Waals surface area contributed by atoms with Crippen LogP contribution in [0.3, 0.4) is 0 Å². The maximum Gasteiger partial charge on any atom is 0.171 e. The number of hydrogen-bond donors (Lipinski definition) is 1. The van der Waals surface area contributed by atoms with Crippen LogP contribution in [-0.2, 0) is 0 Å². The Balaban J connectivity index is 2.30. The maximum atomic E-state index is 12.4. The van der Waals surface area contributed by atoms with Crippen molar-refractivity contribution >= 4 is 17.1 Å². The number of hydrogen-bond acceptors (Lipinski definition) is 3. The van der Waals surface area contributed by atoms with E-state index in [4.69, 9.17) is 5.73 Å². The summed E-state index contributed by atoms with van der Waals surface area (Å²) >= 11 is 1.64. The van der Waals surface area contributed by atoms with Crippen molar-refractivity contribution in [3.63, 3.8) is 0 Å². The molecule has 2 nitrogen and oxygen atoms in total. The molecule has 0 amide bonds. The number of carbonyl (C=O) groups excluding carboxylic acids is 1. The molecular formula is C12H17NOS. The molecule has 0 aromatic carbocycles. The summed E-state index contributed by atoms with van der Waals surface area (Å²) in [4.78, 5) is 13.5. The highest BCUT2D eigenvalue weighted by molar-refractivity contribution is 7.10. The molecule has 1 aromatic heterocycles. The van der Waals surface area contributed by atoms with Crippen LogP contribution in [0.4, 0.5) is 0 Å². The molecule has 0 unspecified atom stereocenters. The van der Waals surface area contributed by atoms with Gasteiger partial charge in [0.2, 0.25) is 0 Å². The van der Waals surface area contributed by atoms with Gasteiger partial charge in [-0.1, -0.05) is 12.8 Å². The molecule has 15 heavy (non-hydrogen) atoms. The normalized spacial score (nSPS) is 19.3. The Morgan fingerprint density at radius 3 is 2.67 bits per heavy atom. The van der Waals surface area contributed by atoms with Crippen molar-refractivity contribution in [3.05, 3.63) is 21.9 Å². The van der Waals surface area contributed by atoms with Gasteiger partial charge >= 0.3 is 0 Å². The number of Topliss-reactive ketones (excluding diaryl/α,β-unsaturated/α-hetero) is 1. The number of rotatable bonds is 3. The zero-order chi connectivity index (χ0) is 10.9. The van der Waals surface area contributed by atoms with E-state index < -0.39 is 0 Å². The van der Waals surface area contributed by atoms with Crippen LogP contribution in [-0.4, -0.2) is 12.3 Å². The van der Waals surface area contributed by atoms with E-state index in [1.807, 2.05) is 18.4 Å². The van der Waals surface area contributed by atoms with E-state index in [2.05, 4.69) is 0 Å². The van der Waals surface area contributed by atoms with Crippen molar-refractivity contribution in [2.75, 3.05) is 6.54 Å². The molecule has 0 aliphatic heterocycles. The fourth-order valence-electron chi connectivity index (χ4n) is 2.48. The Morgan fingerprint density at radius 1 is 1.53 bits per heavy atom. The molecule has 1 saturated carbocycles. The van der Waals surface area contributed by atoms with Gasteiger partial charge in [0.15, 0.2) is 5.78 Å². The van der Waals surface area contributed by atoms with E-state index in [-0.39, 0.29) is 11.2 Å². The van der Waals surface area contributed by atoms with E-state index in [1.165, 1.54) is 0 Å². The van der Waals surface area contributed by atoms with Crippen LogP contribution in [0.1, 0.15) is 40.9 Å². The first-order valence-electron chi connectivity index (χ1n) is 5.48. The number of aryl methyl sites for hydroxylation is 1. The molecule has 1 aromatic rings. The molecule has 1 fully saturated rings. The molecule has 0 atom stereocenters. The Bertz CT molecular complexity index is 363. The van der Waals surface area contributed by atoms with Gasteiger partial charge in [-0.15, -0.1) is 11.3 Å². The smallest absolute Gasteiger partial charge is 0.171 e. The average Bonchev–Trinajstić information content (AvgIpc) is 2.86. The van der Waals surface area contributed by atoms with E-state index in [9.17, 15) is 4.79 Å². The second kappa shape index (κ2) is 4.06. The highest BCUT2D eigenvalue weighted by atomic mass is 32.1.